The molecule has 3 nitrogen and oxygen atoms in total. The highest BCUT2D eigenvalue weighted by atomic mass is 79.9. The van der Waals surface area contributed by atoms with Crippen molar-refractivity contribution in [3.8, 4) is 0 Å². The van der Waals surface area contributed by atoms with Gasteiger partial charge in [0.05, 0.1) is 15.9 Å². The fourth-order valence-corrected chi connectivity index (χ4v) is 3.48. The van der Waals surface area contributed by atoms with Gasteiger partial charge in [-0.1, -0.05) is 30.1 Å². The summed E-state index contributed by atoms with van der Waals surface area (Å²) in [5.41, 5.74) is 9.31. The van der Waals surface area contributed by atoms with Crippen molar-refractivity contribution < 1.29 is 0 Å². The maximum atomic E-state index is 6.27. The van der Waals surface area contributed by atoms with Gasteiger partial charge in [0.1, 0.15) is 0 Å². The zero-order valence-electron chi connectivity index (χ0n) is 11.3. The summed E-state index contributed by atoms with van der Waals surface area (Å²) in [4.78, 5) is 0. The third-order valence-corrected chi connectivity index (χ3v) is 4.58. The molecule has 0 radical (unpaired) electrons. The molecule has 1 aromatic heterocycles. The molecular weight excluding hydrogens is 361 g/mol. The molecule has 0 spiro atoms. The highest BCUT2D eigenvalue weighted by molar-refractivity contribution is 9.10. The first-order valence-corrected chi connectivity index (χ1v) is 7.89. The van der Waals surface area contributed by atoms with E-state index in [0.717, 1.165) is 27.8 Å². The average Bonchev–Trinajstić information content (AvgIpc) is 2.65. The minimum Gasteiger partial charge on any atom is -0.324 e. The molecule has 0 bridgehead atoms. The number of rotatable bonds is 4. The maximum absolute atomic E-state index is 6.27. The Hall–Kier alpha value is -0.550. The quantitative estimate of drug-likeness (QED) is 0.864. The zero-order valence-corrected chi connectivity index (χ0v) is 14.4. The molecule has 2 rings (SSSR count). The van der Waals surface area contributed by atoms with Gasteiger partial charge < -0.3 is 5.73 Å². The largest absolute Gasteiger partial charge is 0.324 e. The molecule has 0 aliphatic carbocycles. The second-order valence-electron chi connectivity index (χ2n) is 4.70. The number of halogens is 3. The predicted octanol–water partition coefficient (Wildman–Crippen LogP) is 4.29. The van der Waals surface area contributed by atoms with E-state index < -0.39 is 0 Å². The molecule has 6 heteroatoms. The van der Waals surface area contributed by atoms with Crippen LogP contribution in [0.4, 0.5) is 0 Å². The molecule has 0 saturated carbocycles. The van der Waals surface area contributed by atoms with Gasteiger partial charge in [-0.25, -0.2) is 0 Å². The monoisotopic (exact) mass is 375 g/mol. The SMILES string of the molecule is CCc1nn(C)c(CC(N)c2cc(Cl)cc(Cl)c2)c1Br. The summed E-state index contributed by atoms with van der Waals surface area (Å²) in [6, 6.07) is 5.23. The highest BCUT2D eigenvalue weighted by Gasteiger charge is 2.17. The predicted molar refractivity (Wildman–Crippen MR) is 87.4 cm³/mol. The van der Waals surface area contributed by atoms with Gasteiger partial charge in [0, 0.05) is 29.6 Å². The van der Waals surface area contributed by atoms with Crippen molar-refractivity contribution in [3.63, 3.8) is 0 Å². The van der Waals surface area contributed by atoms with Gasteiger partial charge in [0.25, 0.3) is 0 Å². The lowest BCUT2D eigenvalue weighted by Crippen LogP contribution is -2.15. The van der Waals surface area contributed by atoms with Crippen molar-refractivity contribution in [2.75, 3.05) is 0 Å². The summed E-state index contributed by atoms with van der Waals surface area (Å²) in [6.45, 7) is 2.08. The van der Waals surface area contributed by atoms with Gasteiger partial charge >= 0.3 is 0 Å². The first-order chi connectivity index (χ1) is 9.42. The highest BCUT2D eigenvalue weighted by Crippen LogP contribution is 2.28. The van der Waals surface area contributed by atoms with Crippen LogP contribution in [0, 0.1) is 0 Å². The van der Waals surface area contributed by atoms with Crippen molar-refractivity contribution in [2.24, 2.45) is 12.8 Å². The van der Waals surface area contributed by atoms with Crippen LogP contribution in [-0.4, -0.2) is 9.78 Å². The minimum absolute atomic E-state index is 0.178. The topological polar surface area (TPSA) is 43.8 Å². The van der Waals surface area contributed by atoms with Crippen LogP contribution in [0.3, 0.4) is 0 Å². The molecule has 2 aromatic rings. The minimum atomic E-state index is -0.178. The van der Waals surface area contributed by atoms with Gasteiger partial charge in [-0.15, -0.1) is 0 Å². The van der Waals surface area contributed by atoms with Crippen molar-refractivity contribution in [1.82, 2.24) is 9.78 Å². The number of benzene rings is 1. The van der Waals surface area contributed by atoms with Crippen LogP contribution in [-0.2, 0) is 19.9 Å². The number of hydrogen-bond acceptors (Lipinski definition) is 2. The van der Waals surface area contributed by atoms with Gasteiger partial charge in [-0.05, 0) is 46.1 Å². The van der Waals surface area contributed by atoms with Gasteiger partial charge in [0.2, 0.25) is 0 Å². The Morgan fingerprint density at radius 2 is 1.90 bits per heavy atom. The summed E-state index contributed by atoms with van der Waals surface area (Å²) in [5.74, 6) is 0. The van der Waals surface area contributed by atoms with E-state index in [9.17, 15) is 0 Å². The Morgan fingerprint density at radius 3 is 2.40 bits per heavy atom. The van der Waals surface area contributed by atoms with E-state index in [0.29, 0.717) is 16.5 Å². The van der Waals surface area contributed by atoms with Gasteiger partial charge in [-0.2, -0.15) is 5.10 Å². The van der Waals surface area contributed by atoms with E-state index in [4.69, 9.17) is 28.9 Å². The van der Waals surface area contributed by atoms with Gasteiger partial charge in [0.15, 0.2) is 0 Å². The van der Waals surface area contributed by atoms with Crippen LogP contribution in [0.1, 0.15) is 29.9 Å². The summed E-state index contributed by atoms with van der Waals surface area (Å²) in [6.07, 6.45) is 1.55. The lowest BCUT2D eigenvalue weighted by Gasteiger charge is -2.13. The van der Waals surface area contributed by atoms with E-state index in [1.54, 1.807) is 6.07 Å². The van der Waals surface area contributed by atoms with E-state index in [2.05, 4.69) is 28.0 Å². The molecule has 1 heterocycles. The van der Waals surface area contributed by atoms with Crippen LogP contribution >= 0.6 is 39.1 Å². The zero-order chi connectivity index (χ0) is 14.9. The molecule has 1 aromatic carbocycles. The van der Waals surface area contributed by atoms with Crippen LogP contribution in [0.5, 0.6) is 0 Å². The van der Waals surface area contributed by atoms with Crippen LogP contribution < -0.4 is 5.73 Å². The second kappa shape index (κ2) is 6.48. The molecular formula is C14H16BrCl2N3. The van der Waals surface area contributed by atoms with Crippen molar-refractivity contribution in [2.45, 2.75) is 25.8 Å². The molecule has 20 heavy (non-hydrogen) atoms. The van der Waals surface area contributed by atoms with Crippen molar-refractivity contribution in [1.29, 1.82) is 0 Å². The van der Waals surface area contributed by atoms with Crippen molar-refractivity contribution >= 4 is 39.1 Å². The summed E-state index contributed by atoms with van der Waals surface area (Å²) in [5, 5.41) is 5.67. The van der Waals surface area contributed by atoms with E-state index >= 15 is 0 Å². The normalized spacial score (nSPS) is 12.7. The number of hydrogen-bond donors (Lipinski definition) is 1. The van der Waals surface area contributed by atoms with Crippen LogP contribution in [0.2, 0.25) is 10.0 Å². The Kier molecular flexibility index (Phi) is 5.13. The van der Waals surface area contributed by atoms with E-state index in [1.165, 1.54) is 0 Å². The number of aryl methyl sites for hydroxylation is 2. The molecule has 1 unspecified atom stereocenters. The smallest absolute Gasteiger partial charge is 0.0766 e. The molecule has 0 amide bonds. The first kappa shape index (κ1) is 15.8. The number of nitrogens with two attached hydrogens (primary N) is 1. The lowest BCUT2D eigenvalue weighted by atomic mass is 10.0. The Morgan fingerprint density at radius 1 is 1.30 bits per heavy atom. The standard InChI is InChI=1S/C14H16BrCl2N3/c1-3-12-14(15)13(20(2)19-12)7-11(18)8-4-9(16)6-10(17)5-8/h4-6,11H,3,7,18H2,1-2H3. The first-order valence-electron chi connectivity index (χ1n) is 6.34. The van der Waals surface area contributed by atoms with Crippen LogP contribution in [0.15, 0.2) is 22.7 Å². The summed E-state index contributed by atoms with van der Waals surface area (Å²) >= 11 is 15.6. The van der Waals surface area contributed by atoms with E-state index in [1.807, 2.05) is 23.9 Å². The summed E-state index contributed by atoms with van der Waals surface area (Å²) < 4.78 is 2.90. The average molecular weight is 377 g/mol. The van der Waals surface area contributed by atoms with Gasteiger partial charge in [-0.3, -0.25) is 4.68 Å². The summed E-state index contributed by atoms with van der Waals surface area (Å²) in [7, 11) is 1.93. The third-order valence-electron chi connectivity index (χ3n) is 3.23. The Labute approximate surface area is 137 Å². The fraction of sp³-hybridized carbons (Fsp3) is 0.357. The Balaban J connectivity index is 2.27. The second-order valence-corrected chi connectivity index (χ2v) is 6.36. The molecule has 0 aliphatic heterocycles. The number of aromatic nitrogens is 2. The molecule has 108 valence electrons. The molecule has 0 aliphatic rings. The third kappa shape index (κ3) is 3.37. The maximum Gasteiger partial charge on any atom is 0.0766 e. The molecule has 0 saturated heterocycles. The number of nitrogens with zero attached hydrogens (tertiary/aromatic N) is 2. The van der Waals surface area contributed by atoms with Crippen LogP contribution in [0.25, 0.3) is 0 Å². The fourth-order valence-electron chi connectivity index (χ4n) is 2.16. The molecule has 2 N–H and O–H groups in total. The molecule has 1 atom stereocenters. The Bertz CT molecular complexity index is 605. The van der Waals surface area contributed by atoms with Crippen molar-refractivity contribution in [3.05, 3.63) is 49.7 Å². The lowest BCUT2D eigenvalue weighted by molar-refractivity contribution is 0.637. The molecule has 0 fully saturated rings. The van der Waals surface area contributed by atoms with E-state index in [-0.39, 0.29) is 6.04 Å².